The van der Waals surface area contributed by atoms with Crippen molar-refractivity contribution in [2.45, 2.75) is 6.92 Å². The SMILES string of the molecule is COC(=O)[C@@H](C(C)=O)C(=O)c1ccccc1[N+](=O)[O-]. The van der Waals surface area contributed by atoms with Gasteiger partial charge in [-0.1, -0.05) is 12.1 Å². The summed E-state index contributed by atoms with van der Waals surface area (Å²) in [6.07, 6.45) is 0. The molecule has 0 saturated heterocycles. The molecular weight excluding hydrogens is 254 g/mol. The van der Waals surface area contributed by atoms with Gasteiger partial charge in [0.1, 0.15) is 0 Å². The number of nitro groups is 1. The summed E-state index contributed by atoms with van der Waals surface area (Å²) in [5, 5.41) is 10.8. The van der Waals surface area contributed by atoms with E-state index in [2.05, 4.69) is 4.74 Å². The van der Waals surface area contributed by atoms with Crippen LogP contribution in [-0.4, -0.2) is 29.6 Å². The van der Waals surface area contributed by atoms with Gasteiger partial charge in [-0.05, 0) is 13.0 Å². The Balaban J connectivity index is 3.28. The van der Waals surface area contributed by atoms with Crippen molar-refractivity contribution in [1.29, 1.82) is 0 Å². The van der Waals surface area contributed by atoms with Crippen LogP contribution in [0.3, 0.4) is 0 Å². The largest absolute Gasteiger partial charge is 0.468 e. The van der Waals surface area contributed by atoms with Gasteiger partial charge in [0.2, 0.25) is 0 Å². The Labute approximate surface area is 108 Å². The highest BCUT2D eigenvalue weighted by molar-refractivity contribution is 6.23. The van der Waals surface area contributed by atoms with Gasteiger partial charge in [-0.3, -0.25) is 24.5 Å². The molecular formula is C12H11NO6. The number of para-hydroxylation sites is 1. The number of carbonyl (C=O) groups excluding carboxylic acids is 3. The zero-order chi connectivity index (χ0) is 14.6. The molecule has 0 aliphatic carbocycles. The Bertz CT molecular complexity index is 551. The lowest BCUT2D eigenvalue weighted by atomic mass is 9.93. The van der Waals surface area contributed by atoms with Crippen molar-refractivity contribution < 1.29 is 24.0 Å². The summed E-state index contributed by atoms with van der Waals surface area (Å²) in [4.78, 5) is 44.9. The molecule has 0 unspecified atom stereocenters. The second kappa shape index (κ2) is 5.85. The van der Waals surface area contributed by atoms with E-state index in [1.165, 1.54) is 18.2 Å². The number of hydrogen-bond donors (Lipinski definition) is 0. The summed E-state index contributed by atoms with van der Waals surface area (Å²) < 4.78 is 4.37. The van der Waals surface area contributed by atoms with E-state index in [-0.39, 0.29) is 5.56 Å². The van der Waals surface area contributed by atoms with Crippen LogP contribution in [0.25, 0.3) is 0 Å². The third-order valence-electron chi connectivity index (χ3n) is 2.47. The predicted molar refractivity (Wildman–Crippen MR) is 63.6 cm³/mol. The number of ketones is 2. The summed E-state index contributed by atoms with van der Waals surface area (Å²) >= 11 is 0. The molecule has 0 heterocycles. The Morgan fingerprint density at radius 1 is 1.26 bits per heavy atom. The van der Waals surface area contributed by atoms with Gasteiger partial charge in [0.25, 0.3) is 5.69 Å². The van der Waals surface area contributed by atoms with E-state index in [1.807, 2.05) is 0 Å². The number of hydrogen-bond acceptors (Lipinski definition) is 6. The first-order valence-corrected chi connectivity index (χ1v) is 5.26. The van der Waals surface area contributed by atoms with E-state index in [9.17, 15) is 24.5 Å². The van der Waals surface area contributed by atoms with Gasteiger partial charge in [0.05, 0.1) is 17.6 Å². The topological polar surface area (TPSA) is 104 Å². The molecule has 0 N–H and O–H groups in total. The number of nitro benzene ring substituents is 1. The van der Waals surface area contributed by atoms with Crippen molar-refractivity contribution in [3.05, 3.63) is 39.9 Å². The average Bonchev–Trinajstić information content (AvgIpc) is 2.38. The second-order valence-corrected chi connectivity index (χ2v) is 3.71. The highest BCUT2D eigenvalue weighted by Crippen LogP contribution is 2.22. The van der Waals surface area contributed by atoms with Crippen LogP contribution < -0.4 is 0 Å². The fourth-order valence-corrected chi connectivity index (χ4v) is 1.57. The van der Waals surface area contributed by atoms with Gasteiger partial charge >= 0.3 is 5.97 Å². The summed E-state index contributed by atoms with van der Waals surface area (Å²) in [5.74, 6) is -4.37. The molecule has 0 saturated carbocycles. The van der Waals surface area contributed by atoms with Crippen LogP contribution in [0, 0.1) is 16.0 Å². The Hall–Kier alpha value is -2.57. The number of ether oxygens (including phenoxy) is 1. The van der Waals surface area contributed by atoms with Crippen LogP contribution in [0.15, 0.2) is 24.3 Å². The first-order valence-electron chi connectivity index (χ1n) is 5.26. The van der Waals surface area contributed by atoms with E-state index in [4.69, 9.17) is 0 Å². The van der Waals surface area contributed by atoms with E-state index in [1.54, 1.807) is 0 Å². The van der Waals surface area contributed by atoms with Crippen molar-refractivity contribution >= 4 is 23.2 Å². The summed E-state index contributed by atoms with van der Waals surface area (Å²) in [6, 6.07) is 5.12. The Morgan fingerprint density at radius 2 is 1.84 bits per heavy atom. The first kappa shape index (κ1) is 14.5. The Morgan fingerprint density at radius 3 is 2.32 bits per heavy atom. The maximum atomic E-state index is 12.1. The molecule has 0 spiro atoms. The third kappa shape index (κ3) is 3.01. The van der Waals surface area contributed by atoms with Crippen LogP contribution >= 0.6 is 0 Å². The number of esters is 1. The van der Waals surface area contributed by atoms with Gasteiger partial charge in [-0.25, -0.2) is 0 Å². The fourth-order valence-electron chi connectivity index (χ4n) is 1.57. The first-order chi connectivity index (χ1) is 8.90. The second-order valence-electron chi connectivity index (χ2n) is 3.71. The number of benzene rings is 1. The minimum Gasteiger partial charge on any atom is -0.468 e. The van der Waals surface area contributed by atoms with Crippen LogP contribution in [0.4, 0.5) is 5.69 Å². The lowest BCUT2D eigenvalue weighted by Crippen LogP contribution is -2.31. The lowest BCUT2D eigenvalue weighted by Gasteiger charge is -2.10. The molecule has 0 radical (unpaired) electrons. The van der Waals surface area contributed by atoms with E-state index in [0.29, 0.717) is 0 Å². The molecule has 1 aromatic rings. The fraction of sp³-hybridized carbons (Fsp3) is 0.250. The van der Waals surface area contributed by atoms with Gasteiger partial charge in [-0.2, -0.15) is 0 Å². The highest BCUT2D eigenvalue weighted by atomic mass is 16.6. The van der Waals surface area contributed by atoms with Gasteiger partial charge < -0.3 is 4.74 Å². The molecule has 19 heavy (non-hydrogen) atoms. The molecule has 0 fully saturated rings. The molecule has 7 heteroatoms. The molecule has 1 aromatic carbocycles. The zero-order valence-electron chi connectivity index (χ0n) is 10.3. The Kier molecular flexibility index (Phi) is 4.46. The van der Waals surface area contributed by atoms with Crippen LogP contribution in [0.2, 0.25) is 0 Å². The molecule has 0 amide bonds. The van der Waals surface area contributed by atoms with Gasteiger partial charge in [0.15, 0.2) is 17.5 Å². The molecule has 1 atom stereocenters. The molecule has 100 valence electrons. The van der Waals surface area contributed by atoms with Crippen molar-refractivity contribution in [2.24, 2.45) is 5.92 Å². The standard InChI is InChI=1S/C12H11NO6/c1-7(14)10(12(16)19-2)11(15)8-5-3-4-6-9(8)13(17)18/h3-6,10H,1-2H3/t10-/m0/s1. The van der Waals surface area contributed by atoms with E-state index < -0.39 is 34.1 Å². The lowest BCUT2D eigenvalue weighted by molar-refractivity contribution is -0.385. The van der Waals surface area contributed by atoms with Gasteiger partial charge in [0, 0.05) is 6.07 Å². The molecule has 7 nitrogen and oxygen atoms in total. The number of carbonyl (C=O) groups is 3. The zero-order valence-corrected chi connectivity index (χ0v) is 10.3. The summed E-state index contributed by atoms with van der Waals surface area (Å²) in [7, 11) is 1.03. The highest BCUT2D eigenvalue weighted by Gasteiger charge is 2.36. The van der Waals surface area contributed by atoms with Gasteiger partial charge in [-0.15, -0.1) is 0 Å². The maximum Gasteiger partial charge on any atom is 0.324 e. The van der Waals surface area contributed by atoms with E-state index >= 15 is 0 Å². The molecule has 0 bridgehead atoms. The quantitative estimate of drug-likeness (QED) is 0.260. The van der Waals surface area contributed by atoms with Crippen molar-refractivity contribution in [2.75, 3.05) is 7.11 Å². The van der Waals surface area contributed by atoms with Crippen LogP contribution in [0.1, 0.15) is 17.3 Å². The number of methoxy groups -OCH3 is 1. The van der Waals surface area contributed by atoms with Crippen molar-refractivity contribution in [1.82, 2.24) is 0 Å². The van der Waals surface area contributed by atoms with Crippen molar-refractivity contribution in [3.8, 4) is 0 Å². The normalized spacial score (nSPS) is 11.5. The molecule has 0 aromatic heterocycles. The number of rotatable bonds is 5. The van der Waals surface area contributed by atoms with Crippen LogP contribution in [-0.2, 0) is 14.3 Å². The average molecular weight is 265 g/mol. The molecule has 0 aliphatic rings. The minimum atomic E-state index is -1.67. The number of nitrogens with zero attached hydrogens (tertiary/aromatic N) is 1. The third-order valence-corrected chi connectivity index (χ3v) is 2.47. The van der Waals surface area contributed by atoms with E-state index in [0.717, 1.165) is 20.1 Å². The maximum absolute atomic E-state index is 12.1. The van der Waals surface area contributed by atoms with Crippen LogP contribution in [0.5, 0.6) is 0 Å². The summed E-state index contributed by atoms with van der Waals surface area (Å²) in [5.41, 5.74) is -0.749. The predicted octanol–water partition coefficient (Wildman–Crippen LogP) is 1.16. The monoisotopic (exact) mass is 265 g/mol. The molecule has 0 aliphatic heterocycles. The van der Waals surface area contributed by atoms with Crippen molar-refractivity contribution in [3.63, 3.8) is 0 Å². The smallest absolute Gasteiger partial charge is 0.324 e. The molecule has 1 rings (SSSR count). The number of Topliss-reactive ketones (excluding diaryl/α,β-unsaturated/α-hetero) is 2. The summed E-state index contributed by atoms with van der Waals surface area (Å²) in [6.45, 7) is 1.05. The minimum absolute atomic E-state index is 0.293.